The third kappa shape index (κ3) is 4.54. The van der Waals surface area contributed by atoms with Crippen molar-refractivity contribution in [1.29, 1.82) is 0 Å². The Morgan fingerprint density at radius 2 is 2.20 bits per heavy atom. The predicted molar refractivity (Wildman–Crippen MR) is 64.4 cm³/mol. The lowest BCUT2D eigenvalue weighted by Crippen LogP contribution is -2.24. The molecule has 0 heterocycles. The van der Waals surface area contributed by atoms with E-state index in [0.29, 0.717) is 11.6 Å². The average Bonchev–Trinajstić information content (AvgIpc) is 2.24. The maximum atomic E-state index is 9.34. The van der Waals surface area contributed by atoms with Crippen molar-refractivity contribution in [3.63, 3.8) is 0 Å². The minimum atomic E-state index is 0.334. The molecule has 0 saturated carbocycles. The number of alkyl halides is 1. The monoisotopic (exact) mass is 227 g/mol. The Bertz CT molecular complexity index is 291. The molecular weight excluding hydrogens is 210 g/mol. The van der Waals surface area contributed by atoms with Gasteiger partial charge in [0.2, 0.25) is 0 Å². The Morgan fingerprint density at radius 3 is 2.80 bits per heavy atom. The fourth-order valence-corrected chi connectivity index (χ4v) is 1.66. The Kier molecular flexibility index (Phi) is 5.51. The van der Waals surface area contributed by atoms with E-state index in [4.69, 9.17) is 11.6 Å². The van der Waals surface area contributed by atoms with Crippen LogP contribution in [-0.4, -0.2) is 29.0 Å². The maximum absolute atomic E-state index is 9.34. The number of rotatable bonds is 6. The predicted octanol–water partition coefficient (Wildman–Crippen LogP) is 2.84. The van der Waals surface area contributed by atoms with Crippen LogP contribution in [-0.2, 0) is 6.54 Å². The van der Waals surface area contributed by atoms with Gasteiger partial charge in [0.05, 0.1) is 0 Å². The number of halogens is 1. The molecule has 3 heteroatoms. The highest BCUT2D eigenvalue weighted by Crippen LogP contribution is 2.13. The second kappa shape index (κ2) is 6.70. The molecule has 1 rings (SSSR count). The number of hydrogen-bond donors (Lipinski definition) is 1. The van der Waals surface area contributed by atoms with Gasteiger partial charge in [-0.05, 0) is 37.2 Å². The van der Waals surface area contributed by atoms with E-state index in [2.05, 4.69) is 11.8 Å². The molecule has 0 atom stereocenters. The van der Waals surface area contributed by atoms with Gasteiger partial charge in [0.1, 0.15) is 5.75 Å². The highest BCUT2D eigenvalue weighted by molar-refractivity contribution is 6.17. The lowest BCUT2D eigenvalue weighted by Gasteiger charge is -2.19. The van der Waals surface area contributed by atoms with Gasteiger partial charge in [-0.1, -0.05) is 19.1 Å². The largest absolute Gasteiger partial charge is 0.508 e. The third-order valence-electron chi connectivity index (χ3n) is 2.37. The van der Waals surface area contributed by atoms with Crippen molar-refractivity contribution in [2.45, 2.75) is 19.9 Å². The van der Waals surface area contributed by atoms with Crippen molar-refractivity contribution in [1.82, 2.24) is 4.90 Å². The molecule has 0 spiro atoms. The van der Waals surface area contributed by atoms with Crippen molar-refractivity contribution in [2.75, 3.05) is 19.0 Å². The molecule has 1 aromatic carbocycles. The van der Waals surface area contributed by atoms with Crippen LogP contribution >= 0.6 is 11.6 Å². The summed E-state index contributed by atoms with van der Waals surface area (Å²) in [6, 6.07) is 7.41. The van der Waals surface area contributed by atoms with Gasteiger partial charge in [-0.3, -0.25) is 4.90 Å². The molecule has 0 unspecified atom stereocenters. The smallest absolute Gasteiger partial charge is 0.115 e. The van der Waals surface area contributed by atoms with Gasteiger partial charge >= 0.3 is 0 Å². The van der Waals surface area contributed by atoms with Crippen LogP contribution in [0.15, 0.2) is 24.3 Å². The summed E-state index contributed by atoms with van der Waals surface area (Å²) in [6.07, 6.45) is 1.01. The van der Waals surface area contributed by atoms with Crippen LogP contribution < -0.4 is 0 Å². The van der Waals surface area contributed by atoms with Crippen LogP contribution in [0.25, 0.3) is 0 Å². The molecule has 0 saturated heterocycles. The molecule has 15 heavy (non-hydrogen) atoms. The van der Waals surface area contributed by atoms with Gasteiger partial charge in [0, 0.05) is 12.4 Å². The van der Waals surface area contributed by atoms with Gasteiger partial charge < -0.3 is 5.11 Å². The van der Waals surface area contributed by atoms with E-state index < -0.39 is 0 Å². The number of phenolic OH excluding ortho intramolecular Hbond substituents is 1. The minimum Gasteiger partial charge on any atom is -0.508 e. The van der Waals surface area contributed by atoms with Crippen LogP contribution in [0.2, 0.25) is 0 Å². The Morgan fingerprint density at radius 1 is 1.40 bits per heavy atom. The second-order valence-corrected chi connectivity index (χ2v) is 3.96. The number of nitrogens with zero attached hydrogens (tertiary/aromatic N) is 1. The van der Waals surface area contributed by atoms with Crippen molar-refractivity contribution in [3.8, 4) is 5.75 Å². The molecule has 0 fully saturated rings. The Labute approximate surface area is 96.5 Å². The summed E-state index contributed by atoms with van der Waals surface area (Å²) in [5.41, 5.74) is 1.14. The van der Waals surface area contributed by atoms with Crippen molar-refractivity contribution in [2.24, 2.45) is 0 Å². The fraction of sp³-hybridized carbons (Fsp3) is 0.500. The number of hydrogen-bond acceptors (Lipinski definition) is 2. The molecule has 2 nitrogen and oxygen atoms in total. The van der Waals surface area contributed by atoms with Crippen LogP contribution in [0.4, 0.5) is 0 Å². The molecule has 0 aliphatic rings. The SMILES string of the molecule is CCN(CCCCl)Cc1cccc(O)c1. The first-order valence-corrected chi connectivity index (χ1v) is 5.86. The molecule has 1 aromatic rings. The first-order valence-electron chi connectivity index (χ1n) is 5.32. The van der Waals surface area contributed by atoms with Gasteiger partial charge in [-0.25, -0.2) is 0 Å². The van der Waals surface area contributed by atoms with E-state index in [9.17, 15) is 5.11 Å². The maximum Gasteiger partial charge on any atom is 0.115 e. The van der Waals surface area contributed by atoms with E-state index in [1.54, 1.807) is 6.07 Å². The minimum absolute atomic E-state index is 0.334. The number of benzene rings is 1. The summed E-state index contributed by atoms with van der Waals surface area (Å²) in [5, 5.41) is 9.34. The molecule has 0 radical (unpaired) electrons. The van der Waals surface area contributed by atoms with Gasteiger partial charge in [-0.15, -0.1) is 11.6 Å². The third-order valence-corrected chi connectivity index (χ3v) is 2.64. The molecule has 1 N–H and O–H groups in total. The summed E-state index contributed by atoms with van der Waals surface area (Å²) in [4.78, 5) is 2.32. The molecule has 0 amide bonds. The highest BCUT2D eigenvalue weighted by Gasteiger charge is 2.03. The standard InChI is InChI=1S/C12H18ClNO/c1-2-14(8-4-7-13)10-11-5-3-6-12(15)9-11/h3,5-6,9,15H,2,4,7-8,10H2,1H3. The highest BCUT2D eigenvalue weighted by atomic mass is 35.5. The van der Waals surface area contributed by atoms with Crippen LogP contribution in [0.3, 0.4) is 0 Å². The van der Waals surface area contributed by atoms with E-state index in [-0.39, 0.29) is 0 Å². The van der Waals surface area contributed by atoms with E-state index in [1.807, 2.05) is 18.2 Å². The van der Waals surface area contributed by atoms with Crippen molar-refractivity contribution < 1.29 is 5.11 Å². The van der Waals surface area contributed by atoms with E-state index in [1.165, 1.54) is 0 Å². The fourth-order valence-electron chi connectivity index (χ4n) is 1.55. The van der Waals surface area contributed by atoms with Gasteiger partial charge in [-0.2, -0.15) is 0 Å². The van der Waals surface area contributed by atoms with Crippen LogP contribution in [0.5, 0.6) is 5.75 Å². The first kappa shape index (κ1) is 12.3. The molecule has 0 aliphatic heterocycles. The van der Waals surface area contributed by atoms with Crippen molar-refractivity contribution >= 4 is 11.6 Å². The Hall–Kier alpha value is -0.730. The van der Waals surface area contributed by atoms with E-state index >= 15 is 0 Å². The summed E-state index contributed by atoms with van der Waals surface area (Å²) < 4.78 is 0. The van der Waals surface area contributed by atoms with E-state index in [0.717, 1.165) is 31.6 Å². The lowest BCUT2D eigenvalue weighted by molar-refractivity contribution is 0.281. The summed E-state index contributed by atoms with van der Waals surface area (Å²) in [6.45, 7) is 5.03. The molecule has 84 valence electrons. The molecule has 0 aliphatic carbocycles. The summed E-state index contributed by atoms with van der Waals surface area (Å²) in [5.74, 6) is 1.04. The van der Waals surface area contributed by atoms with Crippen LogP contribution in [0.1, 0.15) is 18.9 Å². The second-order valence-electron chi connectivity index (χ2n) is 3.58. The zero-order chi connectivity index (χ0) is 11.1. The summed E-state index contributed by atoms with van der Waals surface area (Å²) in [7, 11) is 0. The van der Waals surface area contributed by atoms with Gasteiger partial charge in [0.15, 0.2) is 0 Å². The van der Waals surface area contributed by atoms with Crippen LogP contribution in [0, 0.1) is 0 Å². The normalized spacial score (nSPS) is 10.9. The first-order chi connectivity index (χ1) is 7.26. The molecule has 0 bridgehead atoms. The van der Waals surface area contributed by atoms with Crippen molar-refractivity contribution in [3.05, 3.63) is 29.8 Å². The average molecular weight is 228 g/mol. The lowest BCUT2D eigenvalue weighted by atomic mass is 10.2. The zero-order valence-electron chi connectivity index (χ0n) is 9.12. The Balaban J connectivity index is 2.50. The quantitative estimate of drug-likeness (QED) is 0.756. The van der Waals surface area contributed by atoms with Gasteiger partial charge in [0.25, 0.3) is 0 Å². The zero-order valence-corrected chi connectivity index (χ0v) is 9.87. The number of phenols is 1. The number of aromatic hydroxyl groups is 1. The molecular formula is C12H18ClNO. The summed E-state index contributed by atoms with van der Waals surface area (Å²) >= 11 is 5.66. The topological polar surface area (TPSA) is 23.5 Å². The molecule has 0 aromatic heterocycles.